The highest BCUT2D eigenvalue weighted by molar-refractivity contribution is 7.92. The Labute approximate surface area is 133 Å². The van der Waals surface area contributed by atoms with Gasteiger partial charge >= 0.3 is 5.97 Å². The van der Waals surface area contributed by atoms with Gasteiger partial charge < -0.3 is 4.74 Å². The molecule has 0 aliphatic carbocycles. The molecule has 7 heteroatoms. The van der Waals surface area contributed by atoms with Crippen molar-refractivity contribution < 1.29 is 17.9 Å². The van der Waals surface area contributed by atoms with Gasteiger partial charge in [0.05, 0.1) is 23.3 Å². The lowest BCUT2D eigenvalue weighted by Crippen LogP contribution is -2.14. The van der Waals surface area contributed by atoms with Crippen molar-refractivity contribution in [3.63, 3.8) is 0 Å². The van der Waals surface area contributed by atoms with Crippen molar-refractivity contribution in [2.45, 2.75) is 11.8 Å². The van der Waals surface area contributed by atoms with Crippen LogP contribution < -0.4 is 4.72 Å². The predicted molar refractivity (Wildman–Crippen MR) is 84.8 cm³/mol. The van der Waals surface area contributed by atoms with E-state index in [-0.39, 0.29) is 10.5 Å². The summed E-state index contributed by atoms with van der Waals surface area (Å²) in [5, 5.41) is 0.530. The molecule has 0 aliphatic heterocycles. The number of carbonyl (C=O) groups is 1. The summed E-state index contributed by atoms with van der Waals surface area (Å²) >= 11 is 5.84. The molecule has 1 N–H and O–H groups in total. The Balaban J connectivity index is 2.28. The minimum absolute atomic E-state index is 0.0505. The Kier molecular flexibility index (Phi) is 4.73. The van der Waals surface area contributed by atoms with E-state index in [2.05, 4.69) is 9.46 Å². The van der Waals surface area contributed by atoms with E-state index in [0.29, 0.717) is 16.3 Å². The van der Waals surface area contributed by atoms with Gasteiger partial charge in [-0.2, -0.15) is 0 Å². The van der Waals surface area contributed by atoms with Crippen LogP contribution in [0.5, 0.6) is 0 Å². The SMILES string of the molecule is COC(=O)c1ccc(S(=O)(=O)Nc2ccc(Cl)cc2C)cc1. The number of halogens is 1. The van der Waals surface area contributed by atoms with Crippen LogP contribution in [0.25, 0.3) is 0 Å². The van der Waals surface area contributed by atoms with Gasteiger partial charge in [-0.15, -0.1) is 0 Å². The molecule has 0 aliphatic rings. The Morgan fingerprint density at radius 2 is 1.77 bits per heavy atom. The summed E-state index contributed by atoms with van der Waals surface area (Å²) in [7, 11) is -2.48. The van der Waals surface area contributed by atoms with Crippen molar-refractivity contribution in [2.75, 3.05) is 11.8 Å². The molecule has 0 aromatic heterocycles. The van der Waals surface area contributed by atoms with Crippen LogP contribution >= 0.6 is 11.6 Å². The molecule has 0 bridgehead atoms. The van der Waals surface area contributed by atoms with Crippen molar-refractivity contribution in [3.05, 3.63) is 58.6 Å². The first-order valence-electron chi connectivity index (χ1n) is 6.31. The predicted octanol–water partition coefficient (Wildman–Crippen LogP) is 3.24. The summed E-state index contributed by atoms with van der Waals surface area (Å²) in [4.78, 5) is 11.4. The molecule has 5 nitrogen and oxygen atoms in total. The normalized spacial score (nSPS) is 11.0. The maximum absolute atomic E-state index is 12.3. The Hall–Kier alpha value is -2.05. The van der Waals surface area contributed by atoms with Crippen LogP contribution in [0, 0.1) is 6.92 Å². The van der Waals surface area contributed by atoms with Crippen molar-refractivity contribution in [3.8, 4) is 0 Å². The first-order valence-corrected chi connectivity index (χ1v) is 8.17. The van der Waals surface area contributed by atoms with Gasteiger partial charge in [0.1, 0.15) is 0 Å². The van der Waals surface area contributed by atoms with Crippen LogP contribution in [-0.4, -0.2) is 21.5 Å². The van der Waals surface area contributed by atoms with Crippen LogP contribution in [0.2, 0.25) is 5.02 Å². The van der Waals surface area contributed by atoms with Crippen LogP contribution in [0.3, 0.4) is 0 Å². The van der Waals surface area contributed by atoms with E-state index < -0.39 is 16.0 Å². The zero-order valence-corrected chi connectivity index (χ0v) is 13.5. The third-order valence-corrected chi connectivity index (χ3v) is 4.63. The number of anilines is 1. The second-order valence-corrected chi connectivity index (χ2v) is 6.70. The van der Waals surface area contributed by atoms with Gasteiger partial charge in [0.25, 0.3) is 10.0 Å². The minimum atomic E-state index is -3.74. The highest BCUT2D eigenvalue weighted by Gasteiger charge is 2.16. The number of carbonyl (C=O) groups excluding carboxylic acids is 1. The fourth-order valence-electron chi connectivity index (χ4n) is 1.83. The number of benzene rings is 2. The molecular formula is C15H14ClNO4S. The molecule has 2 rings (SSSR count). The van der Waals surface area contributed by atoms with Gasteiger partial charge in [0.15, 0.2) is 0 Å². The number of aryl methyl sites for hydroxylation is 1. The highest BCUT2D eigenvalue weighted by atomic mass is 35.5. The standard InChI is InChI=1S/C15H14ClNO4S/c1-10-9-12(16)5-8-14(10)17-22(19,20)13-6-3-11(4-7-13)15(18)21-2/h3-9,17H,1-2H3. The lowest BCUT2D eigenvalue weighted by Gasteiger charge is -2.11. The zero-order valence-electron chi connectivity index (χ0n) is 12.0. The Morgan fingerprint density at radius 3 is 2.32 bits per heavy atom. The molecule has 2 aromatic rings. The van der Waals surface area contributed by atoms with Crippen molar-refractivity contribution in [2.24, 2.45) is 0 Å². The summed E-state index contributed by atoms with van der Waals surface area (Å²) in [6.07, 6.45) is 0. The average molecular weight is 340 g/mol. The highest BCUT2D eigenvalue weighted by Crippen LogP contribution is 2.23. The van der Waals surface area contributed by atoms with E-state index in [4.69, 9.17) is 11.6 Å². The van der Waals surface area contributed by atoms with Crippen LogP contribution in [0.1, 0.15) is 15.9 Å². The molecule has 0 unspecified atom stereocenters. The third-order valence-electron chi connectivity index (χ3n) is 3.02. The second kappa shape index (κ2) is 6.37. The summed E-state index contributed by atoms with van der Waals surface area (Å²) in [5.41, 5.74) is 1.44. The van der Waals surface area contributed by atoms with Crippen molar-refractivity contribution in [1.82, 2.24) is 0 Å². The van der Waals surface area contributed by atoms with E-state index in [1.54, 1.807) is 25.1 Å². The number of rotatable bonds is 4. The molecule has 0 radical (unpaired) electrons. The maximum Gasteiger partial charge on any atom is 0.337 e. The fraction of sp³-hybridized carbons (Fsp3) is 0.133. The first-order chi connectivity index (χ1) is 10.3. The van der Waals surface area contributed by atoms with E-state index in [1.807, 2.05) is 0 Å². The number of hydrogen-bond acceptors (Lipinski definition) is 4. The summed E-state index contributed by atoms with van der Waals surface area (Å²) < 4.78 is 31.7. The van der Waals surface area contributed by atoms with Crippen LogP contribution in [0.15, 0.2) is 47.4 Å². The van der Waals surface area contributed by atoms with E-state index in [0.717, 1.165) is 0 Å². The number of esters is 1. The van der Waals surface area contributed by atoms with Crippen LogP contribution in [0.4, 0.5) is 5.69 Å². The molecule has 0 saturated heterocycles. The number of nitrogens with one attached hydrogen (secondary N) is 1. The smallest absolute Gasteiger partial charge is 0.337 e. The summed E-state index contributed by atoms with van der Waals surface area (Å²) in [5.74, 6) is -0.523. The molecule has 0 fully saturated rings. The van der Waals surface area contributed by atoms with Gasteiger partial charge in [0.2, 0.25) is 0 Å². The van der Waals surface area contributed by atoms with Gasteiger partial charge in [-0.3, -0.25) is 4.72 Å². The molecule has 0 spiro atoms. The number of methoxy groups -OCH3 is 1. The maximum atomic E-state index is 12.3. The molecule has 2 aromatic carbocycles. The third kappa shape index (κ3) is 3.58. The average Bonchev–Trinajstić information content (AvgIpc) is 2.49. The van der Waals surface area contributed by atoms with Gasteiger partial charge in [0, 0.05) is 5.02 Å². The molecule has 116 valence electrons. The Bertz CT molecular complexity index is 801. The molecular weight excluding hydrogens is 326 g/mol. The summed E-state index contributed by atoms with van der Waals surface area (Å²) in [6, 6.07) is 10.4. The molecule has 22 heavy (non-hydrogen) atoms. The minimum Gasteiger partial charge on any atom is -0.465 e. The zero-order chi connectivity index (χ0) is 16.3. The number of ether oxygens (including phenoxy) is 1. The molecule has 0 saturated carbocycles. The second-order valence-electron chi connectivity index (χ2n) is 4.58. The lowest BCUT2D eigenvalue weighted by molar-refractivity contribution is 0.0600. The van der Waals surface area contributed by atoms with E-state index >= 15 is 0 Å². The number of sulfonamides is 1. The fourth-order valence-corrected chi connectivity index (χ4v) is 3.19. The largest absolute Gasteiger partial charge is 0.465 e. The van der Waals surface area contributed by atoms with E-state index in [9.17, 15) is 13.2 Å². The quantitative estimate of drug-likeness (QED) is 0.868. The van der Waals surface area contributed by atoms with Gasteiger partial charge in [-0.1, -0.05) is 11.6 Å². The van der Waals surface area contributed by atoms with Crippen LogP contribution in [-0.2, 0) is 14.8 Å². The van der Waals surface area contributed by atoms with Crippen molar-refractivity contribution >= 4 is 33.3 Å². The summed E-state index contributed by atoms with van der Waals surface area (Å²) in [6.45, 7) is 1.75. The molecule has 0 amide bonds. The first kappa shape index (κ1) is 16.3. The monoisotopic (exact) mass is 339 g/mol. The van der Waals surface area contributed by atoms with Crippen molar-refractivity contribution in [1.29, 1.82) is 0 Å². The Morgan fingerprint density at radius 1 is 1.14 bits per heavy atom. The number of hydrogen-bond donors (Lipinski definition) is 1. The van der Waals surface area contributed by atoms with Gasteiger partial charge in [-0.25, -0.2) is 13.2 Å². The van der Waals surface area contributed by atoms with Gasteiger partial charge in [-0.05, 0) is 55.0 Å². The lowest BCUT2D eigenvalue weighted by atomic mass is 10.2. The molecule has 0 atom stereocenters. The topological polar surface area (TPSA) is 72.5 Å². The molecule has 0 heterocycles. The van der Waals surface area contributed by atoms with E-state index in [1.165, 1.54) is 31.4 Å².